The Balaban J connectivity index is 2.25. The van der Waals surface area contributed by atoms with Gasteiger partial charge in [-0.2, -0.15) is 0 Å². The van der Waals surface area contributed by atoms with E-state index in [1.807, 2.05) is 6.92 Å². The number of aliphatic hydroxyl groups is 1. The van der Waals surface area contributed by atoms with Crippen LogP contribution in [0.2, 0.25) is 0 Å². The van der Waals surface area contributed by atoms with Crippen LogP contribution in [0.25, 0.3) is 0 Å². The molecular formula is C13H17FO3. The molecule has 1 aromatic rings. The first-order valence-corrected chi connectivity index (χ1v) is 5.69. The Morgan fingerprint density at radius 3 is 3.06 bits per heavy atom. The van der Waals surface area contributed by atoms with Crippen molar-refractivity contribution >= 4 is 0 Å². The van der Waals surface area contributed by atoms with Crippen molar-refractivity contribution in [3.63, 3.8) is 0 Å². The van der Waals surface area contributed by atoms with Crippen LogP contribution in [0.15, 0.2) is 18.2 Å². The minimum atomic E-state index is -0.610. The Morgan fingerprint density at radius 1 is 1.59 bits per heavy atom. The summed E-state index contributed by atoms with van der Waals surface area (Å²) in [5.74, 6) is 0.0781. The van der Waals surface area contributed by atoms with Crippen LogP contribution in [-0.2, 0) is 4.74 Å². The largest absolute Gasteiger partial charge is 0.487 e. The zero-order valence-electron chi connectivity index (χ0n) is 10.1. The van der Waals surface area contributed by atoms with Crippen molar-refractivity contribution in [2.45, 2.75) is 31.5 Å². The smallest absolute Gasteiger partial charge is 0.128 e. The standard InChI is InChI=1S/C13H17FO3/c1-13(5-6-16-2)8-11(15)10-4-3-9(14)7-12(10)17-13/h3-4,7,11,15H,5-6,8H2,1-2H3. The quantitative estimate of drug-likeness (QED) is 0.882. The summed E-state index contributed by atoms with van der Waals surface area (Å²) in [7, 11) is 1.62. The molecule has 17 heavy (non-hydrogen) atoms. The second-order valence-electron chi connectivity index (χ2n) is 4.70. The molecule has 0 amide bonds. The third kappa shape index (κ3) is 2.58. The predicted octanol–water partition coefficient (Wildman–Crippen LogP) is 2.44. The fourth-order valence-electron chi connectivity index (χ4n) is 2.17. The highest BCUT2D eigenvalue weighted by molar-refractivity contribution is 5.38. The molecule has 2 rings (SSSR count). The molecule has 0 spiro atoms. The minimum absolute atomic E-state index is 0.355. The number of halogens is 1. The maximum absolute atomic E-state index is 13.1. The van der Waals surface area contributed by atoms with Crippen LogP contribution in [0.4, 0.5) is 4.39 Å². The molecule has 1 aliphatic heterocycles. The van der Waals surface area contributed by atoms with E-state index in [9.17, 15) is 9.50 Å². The molecular weight excluding hydrogens is 223 g/mol. The van der Waals surface area contributed by atoms with Gasteiger partial charge in [0.2, 0.25) is 0 Å². The molecule has 4 heteroatoms. The monoisotopic (exact) mass is 240 g/mol. The van der Waals surface area contributed by atoms with Crippen molar-refractivity contribution in [3.8, 4) is 5.75 Å². The van der Waals surface area contributed by atoms with Crippen molar-refractivity contribution in [2.24, 2.45) is 0 Å². The Labute approximate surface area is 100 Å². The second kappa shape index (κ2) is 4.63. The van der Waals surface area contributed by atoms with Crippen molar-refractivity contribution in [2.75, 3.05) is 13.7 Å². The molecule has 0 bridgehead atoms. The van der Waals surface area contributed by atoms with E-state index in [1.165, 1.54) is 12.1 Å². The lowest BCUT2D eigenvalue weighted by Crippen LogP contribution is -2.39. The number of ether oxygens (including phenoxy) is 2. The number of hydrogen-bond acceptors (Lipinski definition) is 3. The van der Waals surface area contributed by atoms with E-state index in [0.717, 1.165) is 0 Å². The van der Waals surface area contributed by atoms with Gasteiger partial charge in [-0.1, -0.05) is 0 Å². The summed E-state index contributed by atoms with van der Waals surface area (Å²) >= 11 is 0. The molecule has 1 N–H and O–H groups in total. The first kappa shape index (κ1) is 12.3. The summed E-state index contributed by atoms with van der Waals surface area (Å²) in [6.07, 6.45) is 0.548. The minimum Gasteiger partial charge on any atom is -0.487 e. The predicted molar refractivity (Wildman–Crippen MR) is 61.5 cm³/mol. The van der Waals surface area contributed by atoms with Crippen LogP contribution in [0, 0.1) is 5.82 Å². The lowest BCUT2D eigenvalue weighted by atomic mass is 9.88. The number of fused-ring (bicyclic) bond motifs is 1. The molecule has 0 aromatic heterocycles. The third-order valence-electron chi connectivity index (χ3n) is 3.15. The number of rotatable bonds is 3. The molecule has 2 unspecified atom stereocenters. The second-order valence-corrected chi connectivity index (χ2v) is 4.70. The number of benzene rings is 1. The average molecular weight is 240 g/mol. The van der Waals surface area contributed by atoms with E-state index >= 15 is 0 Å². The summed E-state index contributed by atoms with van der Waals surface area (Å²) in [5.41, 5.74) is 0.150. The Morgan fingerprint density at radius 2 is 2.35 bits per heavy atom. The molecule has 0 fully saturated rings. The fourth-order valence-corrected chi connectivity index (χ4v) is 2.17. The van der Waals surface area contributed by atoms with Gasteiger partial charge in [0.05, 0.1) is 6.10 Å². The number of aliphatic hydroxyl groups excluding tert-OH is 1. The summed E-state index contributed by atoms with van der Waals surface area (Å²) in [4.78, 5) is 0. The topological polar surface area (TPSA) is 38.7 Å². The van der Waals surface area contributed by atoms with Crippen LogP contribution in [0.3, 0.4) is 0 Å². The Bertz CT molecular complexity index is 408. The molecule has 1 aromatic carbocycles. The van der Waals surface area contributed by atoms with Crippen LogP contribution < -0.4 is 4.74 Å². The van der Waals surface area contributed by atoms with Gasteiger partial charge in [-0.15, -0.1) is 0 Å². The lowest BCUT2D eigenvalue weighted by molar-refractivity contribution is -0.0204. The highest BCUT2D eigenvalue weighted by Crippen LogP contribution is 2.41. The summed E-state index contributed by atoms with van der Waals surface area (Å²) in [6.45, 7) is 2.46. The summed E-state index contributed by atoms with van der Waals surface area (Å²) < 4.78 is 24.0. The van der Waals surface area contributed by atoms with Crippen LogP contribution >= 0.6 is 0 Å². The third-order valence-corrected chi connectivity index (χ3v) is 3.15. The molecule has 1 aliphatic rings. The zero-order chi connectivity index (χ0) is 12.5. The lowest BCUT2D eigenvalue weighted by Gasteiger charge is -2.38. The summed E-state index contributed by atoms with van der Waals surface area (Å²) in [5, 5.41) is 10.0. The van der Waals surface area contributed by atoms with E-state index in [1.54, 1.807) is 13.2 Å². The number of methoxy groups -OCH3 is 1. The van der Waals surface area contributed by atoms with E-state index in [-0.39, 0.29) is 5.82 Å². The molecule has 0 aliphatic carbocycles. The SMILES string of the molecule is COCCC1(C)CC(O)c2ccc(F)cc2O1. The van der Waals surface area contributed by atoms with Crippen molar-refractivity contribution in [3.05, 3.63) is 29.6 Å². The highest BCUT2D eigenvalue weighted by Gasteiger charge is 2.36. The van der Waals surface area contributed by atoms with Crippen LogP contribution in [0.1, 0.15) is 31.4 Å². The van der Waals surface area contributed by atoms with Gasteiger partial charge in [0, 0.05) is 38.2 Å². The molecule has 94 valence electrons. The Kier molecular flexibility index (Phi) is 3.35. The van der Waals surface area contributed by atoms with Gasteiger partial charge in [0.25, 0.3) is 0 Å². The molecule has 1 heterocycles. The van der Waals surface area contributed by atoms with E-state index < -0.39 is 11.7 Å². The van der Waals surface area contributed by atoms with Crippen molar-refractivity contribution in [1.82, 2.24) is 0 Å². The average Bonchev–Trinajstić information content (AvgIpc) is 2.25. The van der Waals surface area contributed by atoms with Gasteiger partial charge in [-0.25, -0.2) is 4.39 Å². The molecule has 3 nitrogen and oxygen atoms in total. The van der Waals surface area contributed by atoms with E-state index in [4.69, 9.17) is 9.47 Å². The van der Waals surface area contributed by atoms with Gasteiger partial charge in [0.1, 0.15) is 17.2 Å². The first-order chi connectivity index (χ1) is 8.04. The summed E-state index contributed by atoms with van der Waals surface area (Å²) in [6, 6.07) is 4.23. The van der Waals surface area contributed by atoms with Gasteiger partial charge in [0.15, 0.2) is 0 Å². The number of hydrogen-bond donors (Lipinski definition) is 1. The highest BCUT2D eigenvalue weighted by atomic mass is 19.1. The normalized spacial score (nSPS) is 27.4. The van der Waals surface area contributed by atoms with Gasteiger partial charge in [-0.05, 0) is 19.1 Å². The van der Waals surface area contributed by atoms with Gasteiger partial charge in [-0.3, -0.25) is 0 Å². The molecule has 0 saturated heterocycles. The van der Waals surface area contributed by atoms with Crippen LogP contribution in [0.5, 0.6) is 5.75 Å². The van der Waals surface area contributed by atoms with Gasteiger partial charge < -0.3 is 14.6 Å². The maximum Gasteiger partial charge on any atom is 0.128 e. The van der Waals surface area contributed by atoms with Crippen molar-refractivity contribution in [1.29, 1.82) is 0 Å². The van der Waals surface area contributed by atoms with Crippen molar-refractivity contribution < 1.29 is 19.0 Å². The van der Waals surface area contributed by atoms with E-state index in [0.29, 0.717) is 30.8 Å². The van der Waals surface area contributed by atoms with E-state index in [2.05, 4.69) is 0 Å². The Hall–Kier alpha value is -1.13. The molecule has 0 radical (unpaired) electrons. The van der Waals surface area contributed by atoms with Crippen LogP contribution in [-0.4, -0.2) is 24.4 Å². The zero-order valence-corrected chi connectivity index (χ0v) is 10.1. The molecule has 0 saturated carbocycles. The first-order valence-electron chi connectivity index (χ1n) is 5.69. The fraction of sp³-hybridized carbons (Fsp3) is 0.538. The molecule has 2 atom stereocenters. The van der Waals surface area contributed by atoms with Gasteiger partial charge >= 0.3 is 0 Å². The maximum atomic E-state index is 13.1.